The molecule has 1 unspecified atom stereocenters. The molecular formula is C28H36O2. The van der Waals surface area contributed by atoms with Crippen LogP contribution in [0.5, 0.6) is 11.5 Å². The monoisotopic (exact) mass is 404 g/mol. The van der Waals surface area contributed by atoms with E-state index in [1.54, 1.807) is 6.07 Å². The third-order valence-electron chi connectivity index (χ3n) is 5.55. The first-order valence-corrected chi connectivity index (χ1v) is 10.8. The number of allylic oxidation sites excluding steroid dienone is 5. The summed E-state index contributed by atoms with van der Waals surface area (Å²) in [4.78, 5) is 0. The highest BCUT2D eigenvalue weighted by molar-refractivity contribution is 5.45. The number of rotatable bonds is 11. The minimum atomic E-state index is -0.185. The van der Waals surface area contributed by atoms with E-state index < -0.39 is 0 Å². The third-order valence-corrected chi connectivity index (χ3v) is 5.55. The highest BCUT2D eigenvalue weighted by Gasteiger charge is 2.23. The van der Waals surface area contributed by atoms with Gasteiger partial charge in [-0.3, -0.25) is 0 Å². The zero-order valence-corrected chi connectivity index (χ0v) is 18.9. The average molecular weight is 405 g/mol. The smallest absolute Gasteiger partial charge is 0.161 e. The van der Waals surface area contributed by atoms with Crippen LogP contribution in [0.1, 0.15) is 64.5 Å². The van der Waals surface area contributed by atoms with E-state index in [0.717, 1.165) is 36.8 Å². The zero-order chi connectivity index (χ0) is 22.0. The van der Waals surface area contributed by atoms with Crippen LogP contribution in [0, 0.1) is 0 Å². The fourth-order valence-electron chi connectivity index (χ4n) is 3.39. The van der Waals surface area contributed by atoms with Crippen molar-refractivity contribution in [2.75, 3.05) is 0 Å². The number of phenols is 1. The lowest BCUT2D eigenvalue weighted by atomic mass is 9.78. The van der Waals surface area contributed by atoms with Crippen LogP contribution >= 0.6 is 0 Å². The Bertz CT molecular complexity index is 873. The number of ether oxygens (including phenoxy) is 1. The van der Waals surface area contributed by atoms with Crippen LogP contribution in [0.15, 0.2) is 84.5 Å². The molecule has 0 aliphatic rings. The van der Waals surface area contributed by atoms with Gasteiger partial charge in [-0.1, -0.05) is 72.7 Å². The van der Waals surface area contributed by atoms with Crippen molar-refractivity contribution in [3.8, 4) is 11.5 Å². The molecule has 2 aromatic rings. The van der Waals surface area contributed by atoms with Crippen molar-refractivity contribution in [2.24, 2.45) is 0 Å². The lowest BCUT2D eigenvalue weighted by Gasteiger charge is -2.27. The number of hydrogen-bond acceptors (Lipinski definition) is 2. The van der Waals surface area contributed by atoms with Crippen molar-refractivity contribution >= 4 is 0 Å². The van der Waals surface area contributed by atoms with E-state index in [-0.39, 0.29) is 11.2 Å². The van der Waals surface area contributed by atoms with Gasteiger partial charge in [-0.25, -0.2) is 0 Å². The fraction of sp³-hybridized carbons (Fsp3) is 0.357. The molecule has 0 aliphatic heterocycles. The highest BCUT2D eigenvalue weighted by atomic mass is 16.5. The highest BCUT2D eigenvalue weighted by Crippen LogP contribution is 2.36. The summed E-state index contributed by atoms with van der Waals surface area (Å²) in [6.07, 6.45) is 10.8. The van der Waals surface area contributed by atoms with Gasteiger partial charge in [0.25, 0.3) is 0 Å². The molecule has 30 heavy (non-hydrogen) atoms. The van der Waals surface area contributed by atoms with E-state index in [0.29, 0.717) is 12.4 Å². The molecule has 2 aromatic carbocycles. The van der Waals surface area contributed by atoms with Gasteiger partial charge in [0.15, 0.2) is 11.5 Å². The van der Waals surface area contributed by atoms with Crippen LogP contribution in [-0.4, -0.2) is 5.11 Å². The Balaban J connectivity index is 2.05. The molecule has 0 saturated carbocycles. The largest absolute Gasteiger partial charge is 0.504 e. The molecular weight excluding hydrogens is 368 g/mol. The van der Waals surface area contributed by atoms with E-state index in [4.69, 9.17) is 4.74 Å². The van der Waals surface area contributed by atoms with Crippen LogP contribution in [0.3, 0.4) is 0 Å². The second-order valence-corrected chi connectivity index (χ2v) is 8.49. The molecule has 2 rings (SSSR count). The van der Waals surface area contributed by atoms with E-state index in [2.05, 4.69) is 46.4 Å². The first-order valence-electron chi connectivity index (χ1n) is 10.8. The van der Waals surface area contributed by atoms with Gasteiger partial charge < -0.3 is 9.84 Å². The Morgan fingerprint density at radius 3 is 2.43 bits per heavy atom. The maximum Gasteiger partial charge on any atom is 0.161 e. The Morgan fingerprint density at radius 2 is 1.77 bits per heavy atom. The van der Waals surface area contributed by atoms with Crippen molar-refractivity contribution < 1.29 is 9.84 Å². The average Bonchev–Trinajstić information content (AvgIpc) is 2.73. The van der Waals surface area contributed by atoms with Gasteiger partial charge in [0, 0.05) is 5.41 Å². The quantitative estimate of drug-likeness (QED) is 0.386. The van der Waals surface area contributed by atoms with E-state index in [1.807, 2.05) is 48.5 Å². The number of benzene rings is 2. The molecule has 2 nitrogen and oxygen atoms in total. The molecule has 0 heterocycles. The first-order chi connectivity index (χ1) is 14.3. The number of phenolic OH excluding ortho intramolecular Hbond substituents is 1. The Hall–Kier alpha value is -2.74. The molecule has 0 spiro atoms. The van der Waals surface area contributed by atoms with Gasteiger partial charge in [0.05, 0.1) is 0 Å². The predicted molar refractivity (Wildman–Crippen MR) is 128 cm³/mol. The van der Waals surface area contributed by atoms with Crippen LogP contribution in [0.2, 0.25) is 0 Å². The summed E-state index contributed by atoms with van der Waals surface area (Å²) in [5.74, 6) is 0.675. The summed E-state index contributed by atoms with van der Waals surface area (Å²) in [7, 11) is 0. The van der Waals surface area contributed by atoms with Crippen molar-refractivity contribution in [1.29, 1.82) is 0 Å². The van der Waals surface area contributed by atoms with Crippen molar-refractivity contribution in [3.63, 3.8) is 0 Å². The Labute approximate surface area is 182 Å². The van der Waals surface area contributed by atoms with E-state index in [1.165, 1.54) is 11.1 Å². The predicted octanol–water partition coefficient (Wildman–Crippen LogP) is 7.89. The summed E-state index contributed by atoms with van der Waals surface area (Å²) in [5, 5.41) is 10.3. The minimum Gasteiger partial charge on any atom is -0.504 e. The normalized spacial score (nSPS) is 13.4. The van der Waals surface area contributed by atoms with Gasteiger partial charge >= 0.3 is 0 Å². The summed E-state index contributed by atoms with van der Waals surface area (Å²) in [6.45, 7) is 13.2. The second-order valence-electron chi connectivity index (χ2n) is 8.49. The molecule has 0 amide bonds. The SMILES string of the molecule is C=CC(C)(CC/C=C(\C)CCC=C(C)C)c1ccc(O)c(OCc2ccccc2)c1. The second kappa shape index (κ2) is 11.4. The lowest BCUT2D eigenvalue weighted by molar-refractivity contribution is 0.288. The van der Waals surface area contributed by atoms with Crippen LogP contribution in [0.4, 0.5) is 0 Å². The number of aromatic hydroxyl groups is 1. The molecule has 0 aliphatic carbocycles. The summed E-state index contributed by atoms with van der Waals surface area (Å²) < 4.78 is 5.91. The zero-order valence-electron chi connectivity index (χ0n) is 18.9. The third kappa shape index (κ3) is 7.26. The topological polar surface area (TPSA) is 29.5 Å². The number of hydrogen-bond donors (Lipinski definition) is 1. The molecule has 0 aromatic heterocycles. The maximum absolute atomic E-state index is 10.3. The van der Waals surface area contributed by atoms with Gasteiger partial charge in [-0.15, -0.1) is 6.58 Å². The minimum absolute atomic E-state index is 0.163. The maximum atomic E-state index is 10.3. The van der Waals surface area contributed by atoms with Crippen molar-refractivity contribution in [2.45, 2.75) is 65.4 Å². The molecule has 0 radical (unpaired) electrons. The molecule has 1 N–H and O–H groups in total. The molecule has 160 valence electrons. The van der Waals surface area contributed by atoms with Gasteiger partial charge in [-0.05, 0) is 69.7 Å². The van der Waals surface area contributed by atoms with Gasteiger partial charge in [0.2, 0.25) is 0 Å². The standard InChI is InChI=1S/C28H36O2/c1-6-28(5,19-11-14-23(4)13-10-12-22(2)3)25-17-18-26(29)27(20-25)30-21-24-15-8-7-9-16-24/h6-9,12,14-18,20,29H,1,10-11,13,19,21H2,2-5H3/b23-14+. The van der Waals surface area contributed by atoms with E-state index >= 15 is 0 Å². The van der Waals surface area contributed by atoms with Crippen LogP contribution < -0.4 is 4.74 Å². The summed E-state index contributed by atoms with van der Waals surface area (Å²) in [6, 6.07) is 15.6. The van der Waals surface area contributed by atoms with Crippen molar-refractivity contribution in [1.82, 2.24) is 0 Å². The van der Waals surface area contributed by atoms with Crippen LogP contribution in [-0.2, 0) is 12.0 Å². The van der Waals surface area contributed by atoms with Crippen molar-refractivity contribution in [3.05, 3.63) is 95.6 Å². The molecule has 0 bridgehead atoms. The van der Waals surface area contributed by atoms with Crippen LogP contribution in [0.25, 0.3) is 0 Å². The molecule has 0 fully saturated rings. The van der Waals surface area contributed by atoms with Gasteiger partial charge in [0.1, 0.15) is 6.61 Å². The van der Waals surface area contributed by atoms with E-state index in [9.17, 15) is 5.11 Å². The summed E-state index contributed by atoms with van der Waals surface area (Å²) in [5.41, 5.74) is 4.79. The Morgan fingerprint density at radius 1 is 1.03 bits per heavy atom. The fourth-order valence-corrected chi connectivity index (χ4v) is 3.39. The van der Waals surface area contributed by atoms with Gasteiger partial charge in [-0.2, -0.15) is 0 Å². The lowest BCUT2D eigenvalue weighted by Crippen LogP contribution is -2.18. The Kier molecular flexibility index (Phi) is 8.98. The summed E-state index contributed by atoms with van der Waals surface area (Å²) >= 11 is 0. The molecule has 2 heteroatoms. The molecule has 1 atom stereocenters. The molecule has 0 saturated heterocycles. The first kappa shape index (κ1) is 23.5.